The first-order valence-corrected chi connectivity index (χ1v) is 9.73. The number of benzene rings is 1. The van der Waals surface area contributed by atoms with Crippen molar-refractivity contribution in [3.8, 4) is 0 Å². The maximum absolute atomic E-state index is 11.5. The molecule has 0 saturated carbocycles. The van der Waals surface area contributed by atoms with E-state index in [1.807, 2.05) is 13.0 Å². The number of sulfonamides is 1. The molecule has 8 heteroatoms. The molecular formula is C16H18N4O2S2. The average Bonchev–Trinajstić information content (AvgIpc) is 2.82. The fourth-order valence-corrected chi connectivity index (χ4v) is 4.11. The highest BCUT2D eigenvalue weighted by atomic mass is 32.2. The Morgan fingerprint density at radius 3 is 2.71 bits per heavy atom. The fraction of sp³-hybridized carbons (Fsp3) is 0.250. The van der Waals surface area contributed by atoms with Gasteiger partial charge < -0.3 is 5.32 Å². The predicted octanol–water partition coefficient (Wildman–Crippen LogP) is 3.13. The van der Waals surface area contributed by atoms with E-state index in [0.717, 1.165) is 27.2 Å². The van der Waals surface area contributed by atoms with Crippen molar-refractivity contribution < 1.29 is 8.42 Å². The Kier molecular flexibility index (Phi) is 4.29. The van der Waals surface area contributed by atoms with E-state index in [9.17, 15) is 8.42 Å². The second-order valence-corrected chi connectivity index (χ2v) is 8.43. The van der Waals surface area contributed by atoms with Gasteiger partial charge in [-0.25, -0.2) is 23.5 Å². The number of anilines is 1. The Balaban J connectivity index is 1.98. The molecule has 0 fully saturated rings. The molecule has 3 rings (SSSR count). The van der Waals surface area contributed by atoms with E-state index >= 15 is 0 Å². The fourth-order valence-electron chi connectivity index (χ4n) is 2.54. The number of hydrogen-bond donors (Lipinski definition) is 2. The summed E-state index contributed by atoms with van der Waals surface area (Å²) < 4.78 is 23.1. The quantitative estimate of drug-likeness (QED) is 0.743. The van der Waals surface area contributed by atoms with Crippen molar-refractivity contribution >= 4 is 37.4 Å². The highest BCUT2D eigenvalue weighted by Crippen LogP contribution is 2.34. The molecule has 0 spiro atoms. The van der Waals surface area contributed by atoms with Gasteiger partial charge in [0.1, 0.15) is 17.0 Å². The average molecular weight is 362 g/mol. The van der Waals surface area contributed by atoms with Crippen LogP contribution in [-0.4, -0.2) is 18.4 Å². The molecule has 0 saturated heterocycles. The van der Waals surface area contributed by atoms with Gasteiger partial charge >= 0.3 is 0 Å². The molecule has 0 aliphatic heterocycles. The summed E-state index contributed by atoms with van der Waals surface area (Å²) in [5.74, 6) is 0.746. The van der Waals surface area contributed by atoms with E-state index in [0.29, 0.717) is 0 Å². The summed E-state index contributed by atoms with van der Waals surface area (Å²) in [4.78, 5) is 10.9. The van der Waals surface area contributed by atoms with Gasteiger partial charge in [-0.05, 0) is 44.0 Å². The third-order valence-corrected chi connectivity index (χ3v) is 6.03. The van der Waals surface area contributed by atoms with Crippen molar-refractivity contribution in [3.63, 3.8) is 0 Å². The zero-order valence-electron chi connectivity index (χ0n) is 13.6. The first kappa shape index (κ1) is 16.8. The van der Waals surface area contributed by atoms with E-state index in [2.05, 4.69) is 29.1 Å². The van der Waals surface area contributed by atoms with Crippen LogP contribution in [-0.2, 0) is 10.0 Å². The minimum atomic E-state index is -3.72. The number of nitrogens with two attached hydrogens (primary N) is 1. The monoisotopic (exact) mass is 362 g/mol. The van der Waals surface area contributed by atoms with Crippen molar-refractivity contribution in [1.82, 2.24) is 9.97 Å². The molecule has 0 bridgehead atoms. The molecule has 1 atom stereocenters. The van der Waals surface area contributed by atoms with Crippen LogP contribution in [0.5, 0.6) is 0 Å². The molecule has 0 amide bonds. The first-order valence-electron chi connectivity index (χ1n) is 7.37. The van der Waals surface area contributed by atoms with Gasteiger partial charge in [-0.15, -0.1) is 11.3 Å². The largest absolute Gasteiger partial charge is 0.363 e. The number of primary sulfonamides is 1. The summed E-state index contributed by atoms with van der Waals surface area (Å²) in [6.45, 7) is 6.06. The summed E-state index contributed by atoms with van der Waals surface area (Å²) in [7, 11) is -3.72. The topological polar surface area (TPSA) is 98.0 Å². The molecule has 3 N–H and O–H groups in total. The van der Waals surface area contributed by atoms with Crippen LogP contribution in [0.4, 0.5) is 5.82 Å². The molecule has 0 aliphatic carbocycles. The van der Waals surface area contributed by atoms with Crippen LogP contribution >= 0.6 is 11.3 Å². The van der Waals surface area contributed by atoms with Crippen LogP contribution in [0.3, 0.4) is 0 Å². The van der Waals surface area contributed by atoms with Gasteiger partial charge in [-0.1, -0.05) is 12.1 Å². The number of fused-ring (bicyclic) bond motifs is 1. The molecule has 1 aromatic carbocycles. The minimum Gasteiger partial charge on any atom is -0.363 e. The molecule has 2 heterocycles. The number of aryl methyl sites for hydroxylation is 2. The van der Waals surface area contributed by atoms with Gasteiger partial charge in [0.2, 0.25) is 10.0 Å². The van der Waals surface area contributed by atoms with Crippen molar-refractivity contribution in [2.45, 2.75) is 31.7 Å². The Labute approximate surface area is 144 Å². The van der Waals surface area contributed by atoms with Crippen molar-refractivity contribution in [1.29, 1.82) is 0 Å². The molecule has 0 radical (unpaired) electrons. The maximum atomic E-state index is 11.5. The zero-order valence-corrected chi connectivity index (χ0v) is 15.2. The number of rotatable bonds is 4. The second kappa shape index (κ2) is 6.12. The van der Waals surface area contributed by atoms with Gasteiger partial charge in [-0.2, -0.15) is 0 Å². The molecule has 2 aromatic heterocycles. The smallest absolute Gasteiger partial charge is 0.238 e. The summed E-state index contributed by atoms with van der Waals surface area (Å²) in [6, 6.07) is 6.47. The van der Waals surface area contributed by atoms with Gasteiger partial charge in [0.05, 0.1) is 16.3 Å². The lowest BCUT2D eigenvalue weighted by Crippen LogP contribution is -2.14. The lowest BCUT2D eigenvalue weighted by Gasteiger charge is -2.16. The molecule has 1 unspecified atom stereocenters. The van der Waals surface area contributed by atoms with Crippen molar-refractivity contribution in [2.75, 3.05) is 5.32 Å². The lowest BCUT2D eigenvalue weighted by atomic mass is 10.1. The zero-order chi connectivity index (χ0) is 17.5. The van der Waals surface area contributed by atoms with Crippen LogP contribution in [0, 0.1) is 13.8 Å². The molecule has 6 nitrogen and oxygen atoms in total. The summed E-state index contributed by atoms with van der Waals surface area (Å²) >= 11 is 1.63. The van der Waals surface area contributed by atoms with E-state index < -0.39 is 10.0 Å². The van der Waals surface area contributed by atoms with Crippen molar-refractivity contribution in [2.24, 2.45) is 5.14 Å². The van der Waals surface area contributed by atoms with E-state index in [4.69, 9.17) is 5.14 Å². The standard InChI is InChI=1S/C16H18N4O2S2/c1-9-11(3)23-16-14(9)15(18-8-19-16)20-10(2)12-5-4-6-13(7-12)24(17,21)22/h4-8,10H,1-3H3,(H2,17,21,22)(H,18,19,20). The molecule has 126 valence electrons. The third kappa shape index (κ3) is 3.12. The van der Waals surface area contributed by atoms with E-state index in [1.54, 1.807) is 23.5 Å². The molecular weight excluding hydrogens is 344 g/mol. The Morgan fingerprint density at radius 2 is 2.00 bits per heavy atom. The van der Waals surface area contributed by atoms with Crippen LogP contribution in [0.1, 0.15) is 29.0 Å². The molecule has 24 heavy (non-hydrogen) atoms. The number of aromatic nitrogens is 2. The summed E-state index contributed by atoms with van der Waals surface area (Å²) in [5.41, 5.74) is 1.97. The number of thiophene rings is 1. The van der Waals surface area contributed by atoms with Crippen molar-refractivity contribution in [3.05, 3.63) is 46.6 Å². The Morgan fingerprint density at radius 1 is 1.25 bits per heavy atom. The highest BCUT2D eigenvalue weighted by Gasteiger charge is 2.16. The van der Waals surface area contributed by atoms with Crippen LogP contribution in [0.15, 0.2) is 35.5 Å². The van der Waals surface area contributed by atoms with E-state index in [-0.39, 0.29) is 10.9 Å². The molecule has 0 aliphatic rings. The SMILES string of the molecule is Cc1sc2ncnc(NC(C)c3cccc(S(N)(=O)=O)c3)c2c1C. The second-order valence-electron chi connectivity index (χ2n) is 5.67. The minimum absolute atomic E-state index is 0.101. The summed E-state index contributed by atoms with van der Waals surface area (Å²) in [5, 5.41) is 9.57. The van der Waals surface area contributed by atoms with Crippen LogP contribution < -0.4 is 10.5 Å². The van der Waals surface area contributed by atoms with E-state index in [1.165, 1.54) is 17.3 Å². The van der Waals surface area contributed by atoms with Crippen LogP contribution in [0.2, 0.25) is 0 Å². The summed E-state index contributed by atoms with van der Waals surface area (Å²) in [6.07, 6.45) is 1.54. The Hall–Kier alpha value is -2.03. The molecule has 3 aromatic rings. The number of nitrogens with zero attached hydrogens (tertiary/aromatic N) is 2. The predicted molar refractivity (Wildman–Crippen MR) is 96.7 cm³/mol. The maximum Gasteiger partial charge on any atom is 0.238 e. The highest BCUT2D eigenvalue weighted by molar-refractivity contribution is 7.89. The van der Waals surface area contributed by atoms with Gasteiger partial charge in [0, 0.05) is 4.88 Å². The van der Waals surface area contributed by atoms with Gasteiger partial charge in [0.25, 0.3) is 0 Å². The number of hydrogen-bond acceptors (Lipinski definition) is 6. The Bertz CT molecular complexity index is 1010. The number of nitrogens with one attached hydrogen (secondary N) is 1. The lowest BCUT2D eigenvalue weighted by molar-refractivity contribution is 0.597. The van der Waals surface area contributed by atoms with Crippen LogP contribution in [0.25, 0.3) is 10.2 Å². The van der Waals surface area contributed by atoms with Gasteiger partial charge in [-0.3, -0.25) is 0 Å². The van der Waals surface area contributed by atoms with Gasteiger partial charge in [0.15, 0.2) is 0 Å². The first-order chi connectivity index (χ1) is 11.3. The normalized spacial score (nSPS) is 13.2. The third-order valence-electron chi connectivity index (χ3n) is 4.01.